The molecule has 1 atom stereocenters. The zero-order valence-electron chi connectivity index (χ0n) is 13.5. The predicted molar refractivity (Wildman–Crippen MR) is 84.5 cm³/mol. The molecule has 0 spiro atoms. The fourth-order valence-electron chi connectivity index (χ4n) is 2.73. The molecule has 1 aromatic rings. The van der Waals surface area contributed by atoms with E-state index in [-0.39, 0.29) is 11.4 Å². The Kier molecular flexibility index (Phi) is 4.80. The molecule has 1 saturated heterocycles. The number of piperidine rings is 1. The number of nitrogens with one attached hydrogen (secondary N) is 1. The third-order valence-corrected chi connectivity index (χ3v) is 3.76. The van der Waals surface area contributed by atoms with E-state index < -0.39 is 0 Å². The van der Waals surface area contributed by atoms with E-state index >= 15 is 0 Å². The Hall–Kier alpha value is -1.65. The first kappa shape index (κ1) is 15.7. The second-order valence-electron chi connectivity index (χ2n) is 6.73. The Morgan fingerprint density at radius 2 is 2.10 bits per heavy atom. The summed E-state index contributed by atoms with van der Waals surface area (Å²) >= 11 is 0. The second kappa shape index (κ2) is 6.41. The molecule has 2 rings (SSSR count). The molecule has 2 heterocycles. The average molecular weight is 290 g/mol. The highest BCUT2D eigenvalue weighted by Gasteiger charge is 2.23. The largest absolute Gasteiger partial charge is 0.352 e. The quantitative estimate of drug-likeness (QED) is 0.930. The van der Waals surface area contributed by atoms with Crippen molar-refractivity contribution in [2.75, 3.05) is 11.4 Å². The third-order valence-electron chi connectivity index (χ3n) is 3.76. The Labute approximate surface area is 127 Å². The number of hydrogen-bond acceptors (Lipinski definition) is 4. The Bertz CT molecular complexity index is 478. The van der Waals surface area contributed by atoms with Gasteiger partial charge in [-0.1, -0.05) is 6.92 Å². The number of amides is 1. The van der Waals surface area contributed by atoms with Crippen LogP contribution in [-0.2, 0) is 0 Å². The molecule has 116 valence electrons. The molecule has 1 aliphatic heterocycles. The average Bonchev–Trinajstić information content (AvgIpc) is 2.45. The predicted octanol–water partition coefficient (Wildman–Crippen LogP) is 2.77. The van der Waals surface area contributed by atoms with E-state index in [2.05, 4.69) is 27.3 Å². The molecule has 1 N–H and O–H groups in total. The summed E-state index contributed by atoms with van der Waals surface area (Å²) in [6.45, 7) is 9.09. The Morgan fingerprint density at radius 3 is 2.67 bits per heavy atom. The molecule has 1 unspecified atom stereocenters. The minimum Gasteiger partial charge on any atom is -0.352 e. The van der Waals surface area contributed by atoms with Crippen molar-refractivity contribution in [2.45, 2.75) is 65.0 Å². The minimum absolute atomic E-state index is 0.174. The molecule has 1 aromatic heterocycles. The molecular formula is C16H26N4O. The maximum atomic E-state index is 12.0. The van der Waals surface area contributed by atoms with Crippen LogP contribution < -0.4 is 10.2 Å². The van der Waals surface area contributed by atoms with Crippen molar-refractivity contribution in [3.05, 3.63) is 17.8 Å². The Balaban J connectivity index is 2.09. The second-order valence-corrected chi connectivity index (χ2v) is 6.73. The fourth-order valence-corrected chi connectivity index (χ4v) is 2.73. The molecule has 1 aliphatic rings. The minimum atomic E-state index is -0.266. The van der Waals surface area contributed by atoms with Crippen LogP contribution in [-0.4, -0.2) is 34.2 Å². The highest BCUT2D eigenvalue weighted by Crippen LogP contribution is 2.24. The topological polar surface area (TPSA) is 58.1 Å². The van der Waals surface area contributed by atoms with E-state index in [4.69, 9.17) is 0 Å². The molecule has 0 radical (unpaired) electrons. The van der Waals surface area contributed by atoms with Gasteiger partial charge < -0.3 is 10.2 Å². The van der Waals surface area contributed by atoms with Crippen molar-refractivity contribution >= 4 is 11.7 Å². The van der Waals surface area contributed by atoms with Crippen molar-refractivity contribution < 1.29 is 4.79 Å². The van der Waals surface area contributed by atoms with Crippen LogP contribution in [0.4, 0.5) is 5.82 Å². The zero-order valence-corrected chi connectivity index (χ0v) is 13.5. The van der Waals surface area contributed by atoms with Gasteiger partial charge in [-0.15, -0.1) is 10.2 Å². The van der Waals surface area contributed by atoms with Gasteiger partial charge in [-0.25, -0.2) is 0 Å². The fraction of sp³-hybridized carbons (Fsp3) is 0.688. The van der Waals surface area contributed by atoms with E-state index in [9.17, 15) is 4.79 Å². The van der Waals surface area contributed by atoms with E-state index in [1.54, 1.807) is 6.07 Å². The molecule has 5 nitrogen and oxygen atoms in total. The van der Waals surface area contributed by atoms with Crippen molar-refractivity contribution in [3.63, 3.8) is 0 Å². The lowest BCUT2D eigenvalue weighted by Gasteiger charge is -2.35. The summed E-state index contributed by atoms with van der Waals surface area (Å²) < 4.78 is 0. The number of aromatic nitrogens is 2. The molecule has 21 heavy (non-hydrogen) atoms. The first-order chi connectivity index (χ1) is 9.90. The van der Waals surface area contributed by atoms with Crippen LogP contribution in [0.2, 0.25) is 0 Å². The summed E-state index contributed by atoms with van der Waals surface area (Å²) in [4.78, 5) is 14.4. The standard InChI is InChI=1S/C16H26N4O/c1-5-12-8-6-7-11-20(12)14-10-9-13(18-19-14)15(21)17-16(2,3)4/h9-10,12H,5-8,11H2,1-4H3,(H,17,21). The van der Waals surface area contributed by atoms with Gasteiger partial charge in [-0.05, 0) is 58.6 Å². The Morgan fingerprint density at radius 1 is 1.33 bits per heavy atom. The van der Waals surface area contributed by atoms with Crippen LogP contribution in [0.3, 0.4) is 0 Å². The molecule has 0 saturated carbocycles. The number of hydrogen-bond donors (Lipinski definition) is 1. The number of nitrogens with zero attached hydrogens (tertiary/aromatic N) is 3. The summed E-state index contributed by atoms with van der Waals surface area (Å²) in [5.41, 5.74) is 0.108. The molecule has 1 fully saturated rings. The van der Waals surface area contributed by atoms with Gasteiger partial charge in [-0.3, -0.25) is 4.79 Å². The van der Waals surface area contributed by atoms with E-state index in [1.165, 1.54) is 19.3 Å². The lowest BCUT2D eigenvalue weighted by atomic mass is 10.0. The van der Waals surface area contributed by atoms with Gasteiger partial charge in [-0.2, -0.15) is 0 Å². The van der Waals surface area contributed by atoms with Crippen molar-refractivity contribution in [1.29, 1.82) is 0 Å². The molecule has 1 amide bonds. The van der Waals surface area contributed by atoms with E-state index in [0.29, 0.717) is 11.7 Å². The van der Waals surface area contributed by atoms with Crippen LogP contribution in [0.25, 0.3) is 0 Å². The van der Waals surface area contributed by atoms with Gasteiger partial charge in [0.25, 0.3) is 5.91 Å². The lowest BCUT2D eigenvalue weighted by molar-refractivity contribution is 0.0913. The molecule has 0 aliphatic carbocycles. The number of anilines is 1. The highest BCUT2D eigenvalue weighted by molar-refractivity contribution is 5.92. The van der Waals surface area contributed by atoms with Gasteiger partial charge >= 0.3 is 0 Å². The maximum absolute atomic E-state index is 12.0. The lowest BCUT2D eigenvalue weighted by Crippen LogP contribution is -2.41. The van der Waals surface area contributed by atoms with Crippen LogP contribution in [0.1, 0.15) is 63.9 Å². The zero-order chi connectivity index (χ0) is 15.5. The summed E-state index contributed by atoms with van der Waals surface area (Å²) in [5.74, 6) is 0.709. The normalized spacial score (nSPS) is 19.4. The van der Waals surface area contributed by atoms with Crippen LogP contribution in [0, 0.1) is 0 Å². The summed E-state index contributed by atoms with van der Waals surface area (Å²) in [6.07, 6.45) is 4.82. The van der Waals surface area contributed by atoms with Crippen LogP contribution in [0.5, 0.6) is 0 Å². The third kappa shape index (κ3) is 4.16. The summed E-state index contributed by atoms with van der Waals surface area (Å²) in [7, 11) is 0. The van der Waals surface area contributed by atoms with Crippen molar-refractivity contribution in [3.8, 4) is 0 Å². The van der Waals surface area contributed by atoms with E-state index in [0.717, 1.165) is 18.8 Å². The number of rotatable bonds is 3. The monoisotopic (exact) mass is 290 g/mol. The molecule has 0 bridgehead atoms. The SMILES string of the molecule is CCC1CCCCN1c1ccc(C(=O)NC(C)(C)C)nn1. The van der Waals surface area contributed by atoms with Gasteiger partial charge in [0.05, 0.1) is 0 Å². The summed E-state index contributed by atoms with van der Waals surface area (Å²) in [6, 6.07) is 4.23. The maximum Gasteiger partial charge on any atom is 0.272 e. The smallest absolute Gasteiger partial charge is 0.272 e. The van der Waals surface area contributed by atoms with Gasteiger partial charge in [0, 0.05) is 18.1 Å². The summed E-state index contributed by atoms with van der Waals surface area (Å²) in [5, 5.41) is 11.3. The molecule has 0 aromatic carbocycles. The highest BCUT2D eigenvalue weighted by atomic mass is 16.2. The van der Waals surface area contributed by atoms with Crippen LogP contribution >= 0.6 is 0 Å². The first-order valence-electron chi connectivity index (χ1n) is 7.83. The van der Waals surface area contributed by atoms with Gasteiger partial charge in [0.2, 0.25) is 0 Å². The molecule has 5 heteroatoms. The van der Waals surface area contributed by atoms with Gasteiger partial charge in [0.1, 0.15) is 0 Å². The van der Waals surface area contributed by atoms with Crippen molar-refractivity contribution in [1.82, 2.24) is 15.5 Å². The van der Waals surface area contributed by atoms with Crippen molar-refractivity contribution in [2.24, 2.45) is 0 Å². The van der Waals surface area contributed by atoms with Gasteiger partial charge in [0.15, 0.2) is 11.5 Å². The number of carbonyl (C=O) groups excluding carboxylic acids is 1. The van der Waals surface area contributed by atoms with E-state index in [1.807, 2.05) is 26.8 Å². The molecular weight excluding hydrogens is 264 g/mol. The van der Waals surface area contributed by atoms with Crippen LogP contribution in [0.15, 0.2) is 12.1 Å². The first-order valence-corrected chi connectivity index (χ1v) is 7.83. The number of carbonyl (C=O) groups is 1.